The molecule has 6 nitrogen and oxygen atoms in total. The van der Waals surface area contributed by atoms with Crippen molar-refractivity contribution in [3.05, 3.63) is 64.5 Å². The van der Waals surface area contributed by atoms with Crippen LogP contribution in [0.3, 0.4) is 0 Å². The summed E-state index contributed by atoms with van der Waals surface area (Å²) in [4.78, 5) is 0. The molecule has 4 rings (SSSR count). The molecular weight excluding hydrogens is 392 g/mol. The van der Waals surface area contributed by atoms with Gasteiger partial charge in [0.1, 0.15) is 36.3 Å². The fourth-order valence-electron chi connectivity index (χ4n) is 3.75. The summed E-state index contributed by atoms with van der Waals surface area (Å²) in [6.45, 7) is -0.440. The highest BCUT2D eigenvalue weighted by atomic mass is 32.1. The topological polar surface area (TPSA) is 99.4 Å². The minimum Gasteiger partial charge on any atom is -0.497 e. The third-order valence-corrected chi connectivity index (χ3v) is 6.46. The normalized spacial score (nSPS) is 27.3. The summed E-state index contributed by atoms with van der Waals surface area (Å²) in [7, 11) is 1.64. The molecule has 154 valence electrons. The molecular formula is C22H24O6S. The van der Waals surface area contributed by atoms with Crippen LogP contribution in [0.4, 0.5) is 0 Å². The highest BCUT2D eigenvalue weighted by molar-refractivity contribution is 7.17. The lowest BCUT2D eigenvalue weighted by Gasteiger charge is -2.40. The Balaban J connectivity index is 1.64. The van der Waals surface area contributed by atoms with Gasteiger partial charge in [-0.15, -0.1) is 11.3 Å². The maximum absolute atomic E-state index is 10.4. The van der Waals surface area contributed by atoms with Crippen molar-refractivity contribution in [3.8, 4) is 5.75 Å². The van der Waals surface area contributed by atoms with Crippen LogP contribution in [0.25, 0.3) is 10.1 Å². The zero-order chi connectivity index (χ0) is 20.5. The summed E-state index contributed by atoms with van der Waals surface area (Å²) < 4.78 is 12.0. The van der Waals surface area contributed by atoms with Crippen molar-refractivity contribution in [3.63, 3.8) is 0 Å². The second kappa shape index (κ2) is 8.39. The maximum Gasteiger partial charge on any atom is 0.118 e. The quantitative estimate of drug-likeness (QED) is 0.508. The summed E-state index contributed by atoms with van der Waals surface area (Å²) in [5.41, 5.74) is 3.01. The minimum absolute atomic E-state index is 0.440. The van der Waals surface area contributed by atoms with Crippen molar-refractivity contribution in [2.24, 2.45) is 0 Å². The average molecular weight is 416 g/mol. The molecule has 0 saturated carbocycles. The van der Waals surface area contributed by atoms with E-state index >= 15 is 0 Å². The number of aliphatic hydroxyl groups is 4. The van der Waals surface area contributed by atoms with E-state index in [1.54, 1.807) is 18.4 Å². The lowest BCUT2D eigenvalue weighted by atomic mass is 9.90. The molecule has 1 fully saturated rings. The Bertz CT molecular complexity index is 967. The highest BCUT2D eigenvalue weighted by Crippen LogP contribution is 2.36. The first kappa shape index (κ1) is 20.3. The van der Waals surface area contributed by atoms with Crippen LogP contribution in [-0.4, -0.2) is 58.6 Å². The standard InChI is InChI=1S/C22H24O6S/c1-27-15-5-2-12(3-6-15)8-14-11-29-18-7-4-13(9-16(14)18)22-21(26)20(25)19(24)17(10-23)28-22/h2-7,9,11,17,19-26H,8,10H2,1H3/t17-,19-,20+,21-,22+/m1/s1. The van der Waals surface area contributed by atoms with E-state index in [1.807, 2.05) is 42.5 Å². The van der Waals surface area contributed by atoms with E-state index in [9.17, 15) is 20.4 Å². The van der Waals surface area contributed by atoms with Gasteiger partial charge in [0.25, 0.3) is 0 Å². The van der Waals surface area contributed by atoms with E-state index < -0.39 is 37.1 Å². The molecule has 29 heavy (non-hydrogen) atoms. The van der Waals surface area contributed by atoms with Gasteiger partial charge in [0, 0.05) is 4.70 Å². The second-order valence-corrected chi connectivity index (χ2v) is 8.20. The molecule has 2 heterocycles. The molecule has 7 heteroatoms. The first-order chi connectivity index (χ1) is 14.0. The first-order valence-corrected chi connectivity index (χ1v) is 10.3. The van der Waals surface area contributed by atoms with Gasteiger partial charge in [-0.2, -0.15) is 0 Å². The molecule has 3 aromatic rings. The van der Waals surface area contributed by atoms with Gasteiger partial charge < -0.3 is 29.9 Å². The Morgan fingerprint density at radius 3 is 2.45 bits per heavy atom. The van der Waals surface area contributed by atoms with Crippen molar-refractivity contribution >= 4 is 21.4 Å². The molecule has 0 radical (unpaired) electrons. The molecule has 0 spiro atoms. The van der Waals surface area contributed by atoms with Gasteiger partial charge in [0.2, 0.25) is 0 Å². The third kappa shape index (κ3) is 3.90. The Hall–Kier alpha value is -2.00. The summed E-state index contributed by atoms with van der Waals surface area (Å²) in [6, 6.07) is 13.7. The summed E-state index contributed by atoms with van der Waals surface area (Å²) in [5.74, 6) is 0.814. The number of thiophene rings is 1. The Labute approximate surface area is 172 Å². The van der Waals surface area contributed by atoms with Gasteiger partial charge in [-0.05, 0) is 58.1 Å². The number of hydrogen-bond acceptors (Lipinski definition) is 7. The number of aliphatic hydroxyl groups excluding tert-OH is 4. The Morgan fingerprint density at radius 2 is 1.76 bits per heavy atom. The summed E-state index contributed by atoms with van der Waals surface area (Å²) >= 11 is 1.65. The molecule has 4 N–H and O–H groups in total. The first-order valence-electron chi connectivity index (χ1n) is 9.45. The fraction of sp³-hybridized carbons (Fsp3) is 0.364. The SMILES string of the molecule is COc1ccc(Cc2csc3ccc([C@@H]4O[C@H](CO)[C@@H](O)[C@H](O)[C@H]4O)cc23)cc1. The van der Waals surface area contributed by atoms with Crippen LogP contribution in [-0.2, 0) is 11.2 Å². The smallest absolute Gasteiger partial charge is 0.118 e. The van der Waals surface area contributed by atoms with Crippen LogP contribution < -0.4 is 4.74 Å². The van der Waals surface area contributed by atoms with Gasteiger partial charge in [-0.25, -0.2) is 0 Å². The van der Waals surface area contributed by atoms with Crippen molar-refractivity contribution in [1.82, 2.24) is 0 Å². The van der Waals surface area contributed by atoms with E-state index in [2.05, 4.69) is 5.38 Å². The van der Waals surface area contributed by atoms with Crippen LogP contribution in [0.1, 0.15) is 22.8 Å². The molecule has 5 atom stereocenters. The van der Waals surface area contributed by atoms with Crippen LogP contribution >= 0.6 is 11.3 Å². The van der Waals surface area contributed by atoms with E-state index in [0.29, 0.717) is 5.56 Å². The van der Waals surface area contributed by atoms with E-state index in [1.165, 1.54) is 0 Å². The maximum atomic E-state index is 10.4. The molecule has 1 aliphatic heterocycles. The predicted octanol–water partition coefficient (Wildman–Crippen LogP) is 2.02. The summed E-state index contributed by atoms with van der Waals surface area (Å²) in [5, 5.41) is 43.1. The number of hydrogen-bond donors (Lipinski definition) is 4. The van der Waals surface area contributed by atoms with Gasteiger partial charge in [0.05, 0.1) is 13.7 Å². The zero-order valence-corrected chi connectivity index (χ0v) is 16.7. The lowest BCUT2D eigenvalue weighted by Crippen LogP contribution is -2.55. The number of rotatable bonds is 5. The largest absolute Gasteiger partial charge is 0.497 e. The van der Waals surface area contributed by atoms with Crippen molar-refractivity contribution in [2.75, 3.05) is 13.7 Å². The van der Waals surface area contributed by atoms with Gasteiger partial charge in [-0.1, -0.05) is 18.2 Å². The van der Waals surface area contributed by atoms with E-state index in [0.717, 1.165) is 33.4 Å². The average Bonchev–Trinajstić information content (AvgIpc) is 3.15. The highest BCUT2D eigenvalue weighted by Gasteiger charge is 2.43. The monoisotopic (exact) mass is 416 g/mol. The Morgan fingerprint density at radius 1 is 1.00 bits per heavy atom. The van der Waals surface area contributed by atoms with Crippen molar-refractivity contribution in [1.29, 1.82) is 0 Å². The predicted molar refractivity (Wildman–Crippen MR) is 110 cm³/mol. The molecule has 0 aliphatic carbocycles. The molecule has 0 unspecified atom stereocenters. The number of methoxy groups -OCH3 is 1. The molecule has 0 bridgehead atoms. The Kier molecular flexibility index (Phi) is 5.87. The number of ether oxygens (including phenoxy) is 2. The molecule has 1 saturated heterocycles. The lowest BCUT2D eigenvalue weighted by molar-refractivity contribution is -0.231. The van der Waals surface area contributed by atoms with Gasteiger partial charge >= 0.3 is 0 Å². The number of benzene rings is 2. The van der Waals surface area contributed by atoms with Crippen molar-refractivity contribution in [2.45, 2.75) is 36.9 Å². The van der Waals surface area contributed by atoms with Crippen molar-refractivity contribution < 1.29 is 29.9 Å². The van der Waals surface area contributed by atoms with Crippen LogP contribution in [0.2, 0.25) is 0 Å². The van der Waals surface area contributed by atoms with Crippen LogP contribution in [0.15, 0.2) is 47.8 Å². The molecule has 0 amide bonds. The van der Waals surface area contributed by atoms with Crippen LogP contribution in [0.5, 0.6) is 5.75 Å². The van der Waals surface area contributed by atoms with E-state index in [-0.39, 0.29) is 0 Å². The third-order valence-electron chi connectivity index (χ3n) is 5.45. The number of fused-ring (bicyclic) bond motifs is 1. The van der Waals surface area contributed by atoms with Gasteiger partial charge in [0.15, 0.2) is 0 Å². The molecule has 2 aromatic carbocycles. The molecule has 1 aromatic heterocycles. The second-order valence-electron chi connectivity index (χ2n) is 7.29. The van der Waals surface area contributed by atoms with Crippen LogP contribution in [0, 0.1) is 0 Å². The summed E-state index contributed by atoms with van der Waals surface area (Å²) in [6.07, 6.45) is -5.03. The zero-order valence-electron chi connectivity index (χ0n) is 15.9. The molecule has 1 aliphatic rings. The minimum atomic E-state index is -1.39. The van der Waals surface area contributed by atoms with Gasteiger partial charge in [-0.3, -0.25) is 0 Å². The fourth-order valence-corrected chi connectivity index (χ4v) is 4.70. The van der Waals surface area contributed by atoms with E-state index in [4.69, 9.17) is 9.47 Å².